The summed E-state index contributed by atoms with van der Waals surface area (Å²) >= 11 is 0. The molecule has 17 heteroatoms. The van der Waals surface area contributed by atoms with Crippen LogP contribution in [-0.4, -0.2) is 169 Å². The van der Waals surface area contributed by atoms with Gasteiger partial charge in [0.15, 0.2) is 25.2 Å². The van der Waals surface area contributed by atoms with Gasteiger partial charge < -0.3 is 83.9 Å². The molecule has 4 saturated heterocycles. The molecule has 0 bridgehead atoms. The van der Waals surface area contributed by atoms with Gasteiger partial charge in [0.05, 0.1) is 31.5 Å². The van der Waals surface area contributed by atoms with Crippen LogP contribution in [0, 0.1) is 45.3 Å². The van der Waals surface area contributed by atoms with Crippen molar-refractivity contribution in [3.63, 3.8) is 0 Å². The third-order valence-corrected chi connectivity index (χ3v) is 18.1. The van der Waals surface area contributed by atoms with Crippen molar-refractivity contribution >= 4 is 6.29 Å². The van der Waals surface area contributed by atoms with Crippen molar-refractivity contribution in [2.45, 2.75) is 210 Å². The van der Waals surface area contributed by atoms with Crippen LogP contribution in [-0.2, 0) is 38.0 Å². The van der Waals surface area contributed by atoms with Crippen LogP contribution in [0.25, 0.3) is 0 Å². The van der Waals surface area contributed by atoms with E-state index in [4.69, 9.17) is 33.2 Å². The van der Waals surface area contributed by atoms with Crippen molar-refractivity contribution in [3.05, 3.63) is 11.6 Å². The van der Waals surface area contributed by atoms with Crippen molar-refractivity contribution in [2.24, 2.45) is 45.3 Å². The maximum absolute atomic E-state index is 13.8. The fourth-order valence-electron chi connectivity index (χ4n) is 14.6. The lowest BCUT2D eigenvalue weighted by molar-refractivity contribution is -0.375. The number of hydrogen-bond donors (Lipinski definition) is 9. The minimum Gasteiger partial charge on any atom is -0.388 e. The Balaban J connectivity index is 0.961. The number of aliphatic hydroxyl groups is 9. The van der Waals surface area contributed by atoms with Gasteiger partial charge in [-0.15, -0.1) is 0 Å². The molecule has 4 aliphatic carbocycles. The number of carbonyl (C=O) groups is 1. The van der Waals surface area contributed by atoms with Crippen molar-refractivity contribution in [3.8, 4) is 0 Å². The maximum atomic E-state index is 13.8. The van der Waals surface area contributed by atoms with E-state index in [0.717, 1.165) is 44.1 Å². The molecule has 360 valence electrons. The summed E-state index contributed by atoms with van der Waals surface area (Å²) in [6, 6.07) is 0. The van der Waals surface area contributed by atoms with E-state index in [1.165, 1.54) is 13.2 Å². The van der Waals surface area contributed by atoms with Crippen molar-refractivity contribution in [2.75, 3.05) is 13.2 Å². The van der Waals surface area contributed by atoms with Crippen LogP contribution in [0.15, 0.2) is 11.6 Å². The molecule has 0 aromatic heterocycles. The molecular formula is C46H74O17. The highest BCUT2D eigenvalue weighted by Crippen LogP contribution is 2.76. The fraction of sp³-hybridized carbons (Fsp3) is 0.935. The number of aldehydes is 1. The van der Waals surface area contributed by atoms with Gasteiger partial charge in [-0.1, -0.05) is 39.3 Å². The first kappa shape index (κ1) is 48.2. The third kappa shape index (κ3) is 7.73. The molecule has 0 aromatic rings. The molecule has 17 nitrogen and oxygen atoms in total. The summed E-state index contributed by atoms with van der Waals surface area (Å²) in [5.74, 6) is 0.0500. The normalized spacial score (nSPS) is 55.6. The summed E-state index contributed by atoms with van der Waals surface area (Å²) in [5.41, 5.74) is -1.86. The summed E-state index contributed by atoms with van der Waals surface area (Å²) < 4.78 is 41.7. The minimum atomic E-state index is -1.73. The first-order chi connectivity index (χ1) is 29.5. The average molecular weight is 899 g/mol. The molecule has 0 aromatic carbocycles. The summed E-state index contributed by atoms with van der Waals surface area (Å²) in [5, 5.41) is 98.7. The average Bonchev–Trinajstić information content (AvgIpc) is 3.73. The van der Waals surface area contributed by atoms with Crippen molar-refractivity contribution in [1.82, 2.24) is 0 Å². The zero-order valence-corrected chi connectivity index (χ0v) is 37.8. The number of hydrogen-bond acceptors (Lipinski definition) is 17. The standard InChI is InChI=1S/C46H74O17/c1-21(2)16-23-17-46(56,41(55)60-23)25-10-13-43(6)24(25)8-9-29-44(43,7)14-11-28-42(4,5)30(12-15-45(28,29)20-47)61-38-35(54)36(27(49)19-57-38)62-40-37(32(51)26(48)18-58-40)63-39-34(53)33(52)31(50)22(3)59-39/h16,20,22-41,48-56H,8-15,17-19H2,1-7H3/t22-,23-,24-,25+,26-,27-,28-,29-,30+,31-,32+,33+,34-,35-,36+,37-,38+,39+,40+,41+,43+,44+,45-,46+/m0/s1. The van der Waals surface area contributed by atoms with Crippen molar-refractivity contribution in [1.29, 1.82) is 0 Å². The second-order valence-corrected chi connectivity index (χ2v) is 21.9. The molecule has 8 aliphatic rings. The lowest BCUT2D eigenvalue weighted by Gasteiger charge is -2.69. The first-order valence-corrected chi connectivity index (χ1v) is 23.3. The molecule has 0 spiro atoms. The Kier molecular flexibility index (Phi) is 13.3. The molecule has 4 heterocycles. The van der Waals surface area contributed by atoms with E-state index >= 15 is 0 Å². The molecule has 0 unspecified atom stereocenters. The highest BCUT2D eigenvalue weighted by atomic mass is 16.8. The Bertz CT molecular complexity index is 1680. The van der Waals surface area contributed by atoms with Gasteiger partial charge in [0.1, 0.15) is 66.8 Å². The number of allylic oxidation sites excluding steroid dienone is 1. The Labute approximate surface area is 370 Å². The van der Waals surface area contributed by atoms with E-state index in [-0.39, 0.29) is 53.8 Å². The van der Waals surface area contributed by atoms with Crippen LogP contribution >= 0.6 is 0 Å². The summed E-state index contributed by atoms with van der Waals surface area (Å²) in [6.45, 7) is 13.7. The topological polar surface area (TPSA) is 264 Å². The molecular weight excluding hydrogens is 824 g/mol. The Morgan fingerprint density at radius 2 is 1.30 bits per heavy atom. The zero-order chi connectivity index (χ0) is 45.8. The third-order valence-electron chi connectivity index (χ3n) is 18.1. The van der Waals surface area contributed by atoms with E-state index in [9.17, 15) is 50.8 Å². The lowest BCUT2D eigenvalue weighted by Crippen LogP contribution is -2.66. The van der Waals surface area contributed by atoms with Gasteiger partial charge in [-0.3, -0.25) is 0 Å². The monoisotopic (exact) mass is 898 g/mol. The van der Waals surface area contributed by atoms with Gasteiger partial charge >= 0.3 is 0 Å². The van der Waals surface area contributed by atoms with Crippen LogP contribution in [0.2, 0.25) is 0 Å². The van der Waals surface area contributed by atoms with Gasteiger partial charge in [0.25, 0.3) is 0 Å². The summed E-state index contributed by atoms with van der Waals surface area (Å²) in [7, 11) is 0. The Morgan fingerprint density at radius 3 is 2.00 bits per heavy atom. The van der Waals surface area contributed by atoms with Gasteiger partial charge in [0.2, 0.25) is 0 Å². The number of ether oxygens (including phenoxy) is 7. The highest BCUT2D eigenvalue weighted by molar-refractivity contribution is 5.62. The molecule has 8 fully saturated rings. The molecule has 8 rings (SSSR count). The lowest BCUT2D eigenvalue weighted by atomic mass is 9.35. The number of aliphatic hydroxyl groups excluding tert-OH is 8. The SMILES string of the molecule is CC(C)=C[C@H]1C[C@@](O)([C@@H]2CC[C@]3(C)[C@H]2CC[C@@H]2[C@]4(C=O)CC[C@@H](O[C@H]5OC[C@H](O)[C@@H](O[C@H]6OC[C@H](O)[C@@H](O)[C@@H]6O[C@H]6O[C@@H](C)[C@H](O)[C@@H](O)[C@@H]6O)[C@@H]5O)C(C)(C)[C@@H]4CC[C@]23C)[C@H](O)O1. The second-order valence-electron chi connectivity index (χ2n) is 21.9. The van der Waals surface area contributed by atoms with Gasteiger partial charge in [-0.05, 0) is 112 Å². The van der Waals surface area contributed by atoms with Crippen LogP contribution in [0.4, 0.5) is 0 Å². The van der Waals surface area contributed by atoms with Crippen LogP contribution in [0.5, 0.6) is 0 Å². The molecule has 4 aliphatic heterocycles. The minimum absolute atomic E-state index is 0.0599. The van der Waals surface area contributed by atoms with Gasteiger partial charge in [0, 0.05) is 11.8 Å². The van der Waals surface area contributed by atoms with Gasteiger partial charge in [-0.2, -0.15) is 0 Å². The predicted molar refractivity (Wildman–Crippen MR) is 220 cm³/mol. The largest absolute Gasteiger partial charge is 0.388 e. The quantitative estimate of drug-likeness (QED) is 0.0881. The molecule has 63 heavy (non-hydrogen) atoms. The Hall–Kier alpha value is -1.23. The Morgan fingerprint density at radius 1 is 0.635 bits per heavy atom. The van der Waals surface area contributed by atoms with Crippen LogP contribution in [0.1, 0.15) is 106 Å². The second kappa shape index (κ2) is 17.4. The predicted octanol–water partition coefficient (Wildman–Crippen LogP) is 0.794. The number of carbonyl (C=O) groups excluding carboxylic acids is 1. The van der Waals surface area contributed by atoms with E-state index in [1.54, 1.807) is 0 Å². The molecule has 0 amide bonds. The van der Waals surface area contributed by atoms with Gasteiger partial charge in [-0.25, -0.2) is 0 Å². The molecule has 9 N–H and O–H groups in total. The highest BCUT2D eigenvalue weighted by Gasteiger charge is 2.72. The molecule has 4 saturated carbocycles. The summed E-state index contributed by atoms with van der Waals surface area (Å²) in [6.07, 6.45) is -11.5. The van der Waals surface area contributed by atoms with E-state index in [2.05, 4.69) is 27.7 Å². The molecule has 24 atom stereocenters. The van der Waals surface area contributed by atoms with E-state index < -0.39 is 109 Å². The van der Waals surface area contributed by atoms with E-state index in [0.29, 0.717) is 19.3 Å². The number of rotatable bonds is 9. The van der Waals surface area contributed by atoms with Crippen LogP contribution in [0.3, 0.4) is 0 Å². The van der Waals surface area contributed by atoms with Crippen molar-refractivity contribution < 1.29 is 83.9 Å². The van der Waals surface area contributed by atoms with Crippen LogP contribution < -0.4 is 0 Å². The van der Waals surface area contributed by atoms with E-state index in [1.807, 2.05) is 19.9 Å². The molecule has 0 radical (unpaired) electrons. The first-order valence-electron chi connectivity index (χ1n) is 23.3. The fourth-order valence-corrected chi connectivity index (χ4v) is 14.6. The zero-order valence-electron chi connectivity index (χ0n) is 37.8. The maximum Gasteiger partial charge on any atom is 0.187 e. The smallest absolute Gasteiger partial charge is 0.187 e. The number of fused-ring (bicyclic) bond motifs is 5. The summed E-state index contributed by atoms with van der Waals surface area (Å²) in [4.78, 5) is 13.8.